The standard InChI is InChI=1S/C6H10N4/c1-2-5-3-9-10(4-5)6(7)8/h3-4H,2H2,1H3,(H3,7,8). The second kappa shape index (κ2) is 2.51. The van der Waals surface area contributed by atoms with Crippen LogP contribution in [0.3, 0.4) is 0 Å². The van der Waals surface area contributed by atoms with Crippen molar-refractivity contribution in [3.63, 3.8) is 0 Å². The van der Waals surface area contributed by atoms with E-state index in [1.165, 1.54) is 4.68 Å². The number of nitrogen functional groups attached to an aromatic ring is 1. The Labute approximate surface area is 59.2 Å². The highest BCUT2D eigenvalue weighted by atomic mass is 15.3. The van der Waals surface area contributed by atoms with Gasteiger partial charge in [-0.05, 0) is 12.0 Å². The summed E-state index contributed by atoms with van der Waals surface area (Å²) in [5.74, 6) is -0.0419. The number of nitrogens with one attached hydrogen (secondary N) is 1. The Kier molecular flexibility index (Phi) is 1.71. The van der Waals surface area contributed by atoms with Crippen LogP contribution < -0.4 is 5.73 Å². The van der Waals surface area contributed by atoms with E-state index in [1.807, 2.05) is 6.92 Å². The third-order valence-corrected chi connectivity index (χ3v) is 1.29. The first-order valence-corrected chi connectivity index (χ1v) is 3.12. The van der Waals surface area contributed by atoms with Crippen LogP contribution in [0.25, 0.3) is 0 Å². The zero-order chi connectivity index (χ0) is 7.56. The van der Waals surface area contributed by atoms with E-state index >= 15 is 0 Å². The number of aromatic nitrogens is 2. The van der Waals surface area contributed by atoms with Gasteiger partial charge < -0.3 is 5.73 Å². The molecule has 0 aromatic carbocycles. The van der Waals surface area contributed by atoms with Crippen molar-refractivity contribution in [3.8, 4) is 0 Å². The van der Waals surface area contributed by atoms with Gasteiger partial charge in [0.2, 0.25) is 5.96 Å². The highest BCUT2D eigenvalue weighted by molar-refractivity contribution is 5.76. The van der Waals surface area contributed by atoms with Crippen molar-refractivity contribution in [2.24, 2.45) is 5.73 Å². The normalized spacial score (nSPS) is 9.70. The van der Waals surface area contributed by atoms with Gasteiger partial charge in [0.1, 0.15) is 0 Å². The SMILES string of the molecule is CCc1cnn(C(=N)N)c1. The lowest BCUT2D eigenvalue weighted by atomic mass is 10.3. The van der Waals surface area contributed by atoms with Crippen LogP contribution >= 0.6 is 0 Å². The molecule has 54 valence electrons. The van der Waals surface area contributed by atoms with Crippen molar-refractivity contribution < 1.29 is 0 Å². The zero-order valence-corrected chi connectivity index (χ0v) is 5.83. The molecule has 0 atom stereocenters. The third kappa shape index (κ3) is 1.15. The second-order valence-corrected chi connectivity index (χ2v) is 2.03. The summed E-state index contributed by atoms with van der Waals surface area (Å²) < 4.78 is 1.35. The molecule has 0 amide bonds. The summed E-state index contributed by atoms with van der Waals surface area (Å²) in [5, 5.41) is 10.9. The molecule has 0 radical (unpaired) electrons. The van der Waals surface area contributed by atoms with Gasteiger partial charge in [0.25, 0.3) is 0 Å². The summed E-state index contributed by atoms with van der Waals surface area (Å²) in [4.78, 5) is 0. The number of nitrogens with two attached hydrogens (primary N) is 1. The van der Waals surface area contributed by atoms with E-state index < -0.39 is 0 Å². The van der Waals surface area contributed by atoms with E-state index in [-0.39, 0.29) is 5.96 Å². The molecule has 4 nitrogen and oxygen atoms in total. The average molecular weight is 138 g/mol. The molecule has 0 unspecified atom stereocenters. The Bertz CT molecular complexity index is 238. The number of hydrogen-bond donors (Lipinski definition) is 2. The largest absolute Gasteiger partial charge is 0.368 e. The molecule has 1 rings (SSSR count). The first-order chi connectivity index (χ1) is 4.74. The van der Waals surface area contributed by atoms with Crippen molar-refractivity contribution in [2.75, 3.05) is 0 Å². The highest BCUT2D eigenvalue weighted by Crippen LogP contribution is 1.95. The Morgan fingerprint density at radius 1 is 1.90 bits per heavy atom. The molecule has 0 aliphatic heterocycles. The molecule has 0 fully saturated rings. The van der Waals surface area contributed by atoms with E-state index in [0.29, 0.717) is 0 Å². The maximum atomic E-state index is 7.00. The third-order valence-electron chi connectivity index (χ3n) is 1.29. The molecule has 3 N–H and O–H groups in total. The number of rotatable bonds is 1. The van der Waals surface area contributed by atoms with E-state index in [9.17, 15) is 0 Å². The fourth-order valence-corrected chi connectivity index (χ4v) is 0.674. The maximum absolute atomic E-state index is 7.00. The van der Waals surface area contributed by atoms with Gasteiger partial charge in [-0.1, -0.05) is 6.92 Å². The summed E-state index contributed by atoms with van der Waals surface area (Å²) in [5.41, 5.74) is 6.26. The zero-order valence-electron chi connectivity index (χ0n) is 5.83. The predicted molar refractivity (Wildman–Crippen MR) is 38.9 cm³/mol. The molecule has 1 aromatic heterocycles. The number of nitrogens with zero attached hydrogens (tertiary/aromatic N) is 2. The molecule has 0 saturated heterocycles. The highest BCUT2D eigenvalue weighted by Gasteiger charge is 1.96. The van der Waals surface area contributed by atoms with E-state index in [1.54, 1.807) is 12.4 Å². The van der Waals surface area contributed by atoms with E-state index in [0.717, 1.165) is 12.0 Å². The molecule has 0 aliphatic rings. The smallest absolute Gasteiger partial charge is 0.213 e. The number of hydrogen-bond acceptors (Lipinski definition) is 2. The summed E-state index contributed by atoms with van der Waals surface area (Å²) in [7, 11) is 0. The van der Waals surface area contributed by atoms with Gasteiger partial charge in [0.05, 0.1) is 6.20 Å². The monoisotopic (exact) mass is 138 g/mol. The fourth-order valence-electron chi connectivity index (χ4n) is 0.674. The van der Waals surface area contributed by atoms with Crippen LogP contribution in [-0.4, -0.2) is 15.7 Å². The minimum atomic E-state index is -0.0419. The minimum Gasteiger partial charge on any atom is -0.368 e. The van der Waals surface area contributed by atoms with E-state index in [2.05, 4.69) is 5.10 Å². The quantitative estimate of drug-likeness (QED) is 0.429. The maximum Gasteiger partial charge on any atom is 0.213 e. The Morgan fingerprint density at radius 2 is 2.60 bits per heavy atom. The van der Waals surface area contributed by atoms with Crippen LogP contribution in [-0.2, 0) is 6.42 Å². The first kappa shape index (κ1) is 6.80. The molecule has 10 heavy (non-hydrogen) atoms. The van der Waals surface area contributed by atoms with Crippen molar-refractivity contribution in [2.45, 2.75) is 13.3 Å². The van der Waals surface area contributed by atoms with Gasteiger partial charge in [0, 0.05) is 6.20 Å². The fraction of sp³-hybridized carbons (Fsp3) is 0.333. The lowest BCUT2D eigenvalue weighted by Crippen LogP contribution is -2.20. The summed E-state index contributed by atoms with van der Waals surface area (Å²) >= 11 is 0. The molecule has 1 aromatic rings. The van der Waals surface area contributed by atoms with Crippen molar-refractivity contribution in [1.82, 2.24) is 9.78 Å². The van der Waals surface area contributed by atoms with Crippen LogP contribution in [0.1, 0.15) is 12.5 Å². The Hall–Kier alpha value is -1.32. The summed E-state index contributed by atoms with van der Waals surface area (Å²) in [6.07, 6.45) is 4.39. The molecule has 0 saturated carbocycles. The van der Waals surface area contributed by atoms with Gasteiger partial charge in [-0.25, -0.2) is 4.68 Å². The molecule has 4 heteroatoms. The minimum absolute atomic E-state index is 0.0419. The van der Waals surface area contributed by atoms with Crippen molar-refractivity contribution in [3.05, 3.63) is 18.0 Å². The predicted octanol–water partition coefficient (Wildman–Crippen LogP) is 0.187. The molecular formula is C6H10N4. The van der Waals surface area contributed by atoms with Gasteiger partial charge in [-0.15, -0.1) is 0 Å². The first-order valence-electron chi connectivity index (χ1n) is 3.12. The number of aryl methyl sites for hydroxylation is 1. The molecular weight excluding hydrogens is 128 g/mol. The summed E-state index contributed by atoms with van der Waals surface area (Å²) in [6.45, 7) is 2.03. The molecule has 0 bridgehead atoms. The van der Waals surface area contributed by atoms with E-state index in [4.69, 9.17) is 11.1 Å². The average Bonchev–Trinajstić information content (AvgIpc) is 2.34. The Morgan fingerprint density at radius 3 is 2.90 bits per heavy atom. The summed E-state index contributed by atoms with van der Waals surface area (Å²) in [6, 6.07) is 0. The van der Waals surface area contributed by atoms with Gasteiger partial charge >= 0.3 is 0 Å². The van der Waals surface area contributed by atoms with Crippen molar-refractivity contribution in [1.29, 1.82) is 5.41 Å². The second-order valence-electron chi connectivity index (χ2n) is 2.03. The lowest BCUT2D eigenvalue weighted by Gasteiger charge is -1.92. The van der Waals surface area contributed by atoms with Gasteiger partial charge in [-0.2, -0.15) is 5.10 Å². The van der Waals surface area contributed by atoms with Gasteiger partial charge in [0.15, 0.2) is 0 Å². The van der Waals surface area contributed by atoms with Crippen molar-refractivity contribution >= 4 is 5.96 Å². The van der Waals surface area contributed by atoms with Crippen LogP contribution in [0.4, 0.5) is 0 Å². The molecule has 0 aliphatic carbocycles. The lowest BCUT2D eigenvalue weighted by molar-refractivity contribution is 0.911. The van der Waals surface area contributed by atoms with Crippen LogP contribution in [0, 0.1) is 5.41 Å². The van der Waals surface area contributed by atoms with Crippen LogP contribution in [0.15, 0.2) is 12.4 Å². The van der Waals surface area contributed by atoms with Gasteiger partial charge in [-0.3, -0.25) is 5.41 Å². The Balaban J connectivity index is 2.88. The van der Waals surface area contributed by atoms with Crippen LogP contribution in [0.5, 0.6) is 0 Å². The topological polar surface area (TPSA) is 67.7 Å². The van der Waals surface area contributed by atoms with Crippen LogP contribution in [0.2, 0.25) is 0 Å². The molecule has 0 spiro atoms. The molecule has 1 heterocycles.